The van der Waals surface area contributed by atoms with E-state index in [4.69, 9.17) is 8.85 Å². The quantitative estimate of drug-likeness (QED) is 0.221. The zero-order valence-electron chi connectivity index (χ0n) is 32.4. The summed E-state index contributed by atoms with van der Waals surface area (Å²) in [7, 11) is -3.92. The summed E-state index contributed by atoms with van der Waals surface area (Å²) in [4.78, 5) is 12.4. The molecule has 48 heavy (non-hydrogen) atoms. The molecule has 3 aliphatic rings. The lowest BCUT2D eigenvalue weighted by atomic mass is 9.61. The minimum Gasteiger partial charge on any atom is -0.414 e. The summed E-state index contributed by atoms with van der Waals surface area (Å²) in [5, 5.41) is 12.7. The molecule has 0 heterocycles. The van der Waals surface area contributed by atoms with Gasteiger partial charge in [0.1, 0.15) is 0 Å². The molecule has 0 spiro atoms. The molecular weight excluding hydrogens is 648 g/mol. The Morgan fingerprint density at radius 2 is 1.48 bits per heavy atom. The molecule has 3 aliphatic carbocycles. The normalized spacial score (nSPS) is 30.5. The van der Waals surface area contributed by atoms with Crippen LogP contribution in [0, 0.1) is 23.2 Å². The van der Waals surface area contributed by atoms with Crippen LogP contribution in [0.2, 0.25) is 36.3 Å². The molecule has 0 unspecified atom stereocenters. The van der Waals surface area contributed by atoms with Gasteiger partial charge in [0.15, 0.2) is 22.2 Å². The second kappa shape index (κ2) is 14.6. The van der Waals surface area contributed by atoms with E-state index in [0.29, 0.717) is 25.3 Å². The maximum absolute atomic E-state index is 13.1. The second-order valence-electron chi connectivity index (χ2n) is 19.0. The number of halogens is 3. The SMILES string of the molecule is C[C@H](CNC(=O)C[C@](C)(O)C(F)(F)F)[C@H]1CC[C@H]2/C(=C/C=C3C[C@@H](O[Si](C)(C)C(C)(C)C)C[C@H](O[Si](C)(C)C(C)(C)C)C3)CCC[C@]12C. The Kier molecular flexibility index (Phi) is 12.6. The van der Waals surface area contributed by atoms with Gasteiger partial charge in [-0.15, -0.1) is 0 Å². The van der Waals surface area contributed by atoms with Gasteiger partial charge in [-0.25, -0.2) is 0 Å². The van der Waals surface area contributed by atoms with Gasteiger partial charge >= 0.3 is 6.18 Å². The van der Waals surface area contributed by atoms with E-state index >= 15 is 0 Å². The number of carbonyl (C=O) groups excluding carboxylic acids is 1. The Labute approximate surface area is 292 Å². The van der Waals surface area contributed by atoms with Crippen LogP contribution in [-0.2, 0) is 13.6 Å². The summed E-state index contributed by atoms with van der Waals surface area (Å²) in [5.74, 6) is 0.178. The summed E-state index contributed by atoms with van der Waals surface area (Å²) in [5.41, 5.74) is -0.0352. The third-order valence-electron chi connectivity index (χ3n) is 13.0. The van der Waals surface area contributed by atoms with Crippen molar-refractivity contribution in [3.63, 3.8) is 0 Å². The average molecular weight is 716 g/mol. The van der Waals surface area contributed by atoms with E-state index in [9.17, 15) is 23.1 Å². The summed E-state index contributed by atoms with van der Waals surface area (Å²) in [6, 6.07) is 0. The molecule has 7 atom stereocenters. The first kappa shape index (κ1) is 41.5. The smallest absolute Gasteiger partial charge is 0.414 e. The highest BCUT2D eigenvalue weighted by molar-refractivity contribution is 6.74. The van der Waals surface area contributed by atoms with Crippen molar-refractivity contribution in [1.29, 1.82) is 0 Å². The van der Waals surface area contributed by atoms with Crippen LogP contribution in [0.25, 0.3) is 0 Å². The van der Waals surface area contributed by atoms with Crippen LogP contribution >= 0.6 is 0 Å². The molecule has 2 N–H and O–H groups in total. The van der Waals surface area contributed by atoms with Crippen molar-refractivity contribution in [1.82, 2.24) is 5.32 Å². The van der Waals surface area contributed by atoms with Crippen molar-refractivity contribution in [2.75, 3.05) is 6.54 Å². The number of aliphatic hydroxyl groups is 1. The Bertz CT molecular complexity index is 1160. The standard InChI is InChI=1S/C38H68F3NO4Si2/c1-26(25-42-33(43)24-37(9,44)38(39,40)41)31-18-19-32-28(15-14-20-36(31,32)8)17-16-27-21-29(45-47(10,11)34(2,3)4)23-30(22-27)46-48(12,13)35(5,6)7/h16-17,26,29-32,44H,14-15,18-25H2,1-13H3,(H,42,43)/b28-17+/t26-,29-,30-,31-,32+,36-,37+/m1/s1. The molecule has 3 fully saturated rings. The molecule has 0 aromatic carbocycles. The summed E-state index contributed by atoms with van der Waals surface area (Å²) in [6.45, 7) is 28.6. The molecule has 0 bridgehead atoms. The van der Waals surface area contributed by atoms with Crippen molar-refractivity contribution in [2.45, 2.75) is 180 Å². The fourth-order valence-electron chi connectivity index (χ4n) is 7.96. The lowest BCUT2D eigenvalue weighted by Gasteiger charge is -2.45. The number of allylic oxidation sites excluding steroid dienone is 3. The number of carbonyl (C=O) groups is 1. The van der Waals surface area contributed by atoms with Crippen molar-refractivity contribution >= 4 is 22.5 Å². The van der Waals surface area contributed by atoms with Gasteiger partial charge in [-0.2, -0.15) is 13.2 Å². The first-order chi connectivity index (χ1) is 21.6. The molecule has 0 aromatic heterocycles. The summed E-state index contributed by atoms with van der Waals surface area (Å²) >= 11 is 0. The Hall–Kier alpha value is -0.946. The van der Waals surface area contributed by atoms with Crippen molar-refractivity contribution in [3.8, 4) is 0 Å². The Balaban J connectivity index is 1.77. The van der Waals surface area contributed by atoms with Crippen molar-refractivity contribution in [3.05, 3.63) is 23.3 Å². The topological polar surface area (TPSA) is 67.8 Å². The lowest BCUT2D eigenvalue weighted by molar-refractivity contribution is -0.253. The molecule has 3 rings (SSSR count). The Morgan fingerprint density at radius 3 is 1.96 bits per heavy atom. The highest BCUT2D eigenvalue weighted by Crippen LogP contribution is 2.59. The predicted molar refractivity (Wildman–Crippen MR) is 196 cm³/mol. The van der Waals surface area contributed by atoms with Crippen LogP contribution in [0.3, 0.4) is 0 Å². The fourth-order valence-corrected chi connectivity index (χ4v) is 10.7. The van der Waals surface area contributed by atoms with E-state index in [1.807, 2.05) is 0 Å². The van der Waals surface area contributed by atoms with Crippen LogP contribution in [-0.4, -0.2) is 58.2 Å². The van der Waals surface area contributed by atoms with Gasteiger partial charge in [-0.1, -0.05) is 78.7 Å². The number of alkyl halides is 3. The number of nitrogens with one attached hydrogen (secondary N) is 1. The van der Waals surface area contributed by atoms with Gasteiger partial charge in [0.25, 0.3) is 0 Å². The number of fused-ring (bicyclic) bond motifs is 1. The molecule has 0 aliphatic heterocycles. The van der Waals surface area contributed by atoms with Crippen LogP contribution in [0.1, 0.15) is 120 Å². The van der Waals surface area contributed by atoms with Gasteiger partial charge in [0, 0.05) is 6.54 Å². The van der Waals surface area contributed by atoms with E-state index < -0.39 is 40.7 Å². The largest absolute Gasteiger partial charge is 0.417 e. The first-order valence-corrected chi connectivity index (χ1v) is 24.2. The molecule has 0 radical (unpaired) electrons. The fraction of sp³-hybridized carbons (Fsp3) is 0.868. The second-order valence-corrected chi connectivity index (χ2v) is 28.5. The van der Waals surface area contributed by atoms with Crippen LogP contribution in [0.15, 0.2) is 23.3 Å². The summed E-state index contributed by atoms with van der Waals surface area (Å²) < 4.78 is 53.3. The monoisotopic (exact) mass is 715 g/mol. The van der Waals surface area contributed by atoms with Gasteiger partial charge in [-0.3, -0.25) is 4.79 Å². The molecule has 0 saturated heterocycles. The van der Waals surface area contributed by atoms with E-state index in [2.05, 4.69) is 99.0 Å². The van der Waals surface area contributed by atoms with E-state index in [0.717, 1.165) is 51.4 Å². The molecular formula is C38H68F3NO4Si2. The molecule has 1 amide bonds. The maximum atomic E-state index is 13.1. The van der Waals surface area contributed by atoms with Gasteiger partial charge in [0.05, 0.1) is 18.6 Å². The van der Waals surface area contributed by atoms with Crippen LogP contribution < -0.4 is 5.32 Å². The van der Waals surface area contributed by atoms with Crippen LogP contribution in [0.5, 0.6) is 0 Å². The van der Waals surface area contributed by atoms with Crippen molar-refractivity contribution in [2.24, 2.45) is 23.2 Å². The third kappa shape index (κ3) is 9.68. The number of hydrogen-bond acceptors (Lipinski definition) is 4. The summed E-state index contributed by atoms with van der Waals surface area (Å²) in [6.07, 6.45) is 7.52. The number of hydrogen-bond donors (Lipinski definition) is 2. The molecule has 10 heteroatoms. The van der Waals surface area contributed by atoms with Gasteiger partial charge in [0.2, 0.25) is 5.91 Å². The third-order valence-corrected chi connectivity index (χ3v) is 22.1. The van der Waals surface area contributed by atoms with Crippen LogP contribution in [0.4, 0.5) is 13.2 Å². The molecule has 3 saturated carbocycles. The minimum atomic E-state index is -4.85. The van der Waals surface area contributed by atoms with E-state index in [-0.39, 0.29) is 33.6 Å². The zero-order valence-corrected chi connectivity index (χ0v) is 34.4. The van der Waals surface area contributed by atoms with Crippen molar-refractivity contribution < 1.29 is 31.9 Å². The van der Waals surface area contributed by atoms with Gasteiger partial charge in [-0.05, 0) is 118 Å². The average Bonchev–Trinajstić information content (AvgIpc) is 3.25. The first-order valence-electron chi connectivity index (χ1n) is 18.4. The number of rotatable bonds is 10. The highest BCUT2D eigenvalue weighted by atomic mass is 28.4. The highest BCUT2D eigenvalue weighted by Gasteiger charge is 2.52. The Morgan fingerprint density at radius 1 is 0.958 bits per heavy atom. The molecule has 0 aromatic rings. The van der Waals surface area contributed by atoms with Gasteiger partial charge < -0.3 is 19.3 Å². The zero-order chi connectivity index (χ0) is 36.7. The maximum Gasteiger partial charge on any atom is 0.417 e. The predicted octanol–water partition coefficient (Wildman–Crippen LogP) is 10.5. The van der Waals surface area contributed by atoms with E-state index in [1.54, 1.807) is 0 Å². The molecule has 278 valence electrons. The number of amides is 1. The lowest BCUT2D eigenvalue weighted by Crippen LogP contribution is -2.48. The minimum absolute atomic E-state index is 0.0821. The van der Waals surface area contributed by atoms with E-state index in [1.165, 1.54) is 11.1 Å². The molecule has 5 nitrogen and oxygen atoms in total.